The molecule has 3 N–H and O–H groups in total. The van der Waals surface area contributed by atoms with E-state index in [2.05, 4.69) is 43.5 Å². The number of hydrogen-bond acceptors (Lipinski definition) is 7. The molecule has 0 bridgehead atoms. The van der Waals surface area contributed by atoms with E-state index < -0.39 is 0 Å². The van der Waals surface area contributed by atoms with Crippen molar-refractivity contribution in [2.24, 2.45) is 0 Å². The second-order valence-corrected chi connectivity index (χ2v) is 7.80. The lowest BCUT2D eigenvalue weighted by Crippen LogP contribution is -2.49. The first-order valence-electron chi connectivity index (χ1n) is 10.4. The largest absolute Gasteiger partial charge is 0.483 e. The van der Waals surface area contributed by atoms with Crippen LogP contribution >= 0.6 is 0 Å². The van der Waals surface area contributed by atoms with Crippen LogP contribution in [0.3, 0.4) is 0 Å². The Morgan fingerprint density at radius 1 is 1.31 bits per heavy atom. The summed E-state index contributed by atoms with van der Waals surface area (Å²) in [5.74, 6) is 1.36. The molecule has 3 aromatic heterocycles. The Hall–Kier alpha value is -3.73. The van der Waals surface area contributed by atoms with Crippen molar-refractivity contribution in [1.82, 2.24) is 24.7 Å². The smallest absolute Gasteiger partial charge is 0.327 e. The molecule has 2 aliphatic rings. The molecule has 2 amide bonds. The Labute approximate surface area is 185 Å². The van der Waals surface area contributed by atoms with Crippen LogP contribution in [0.25, 0.3) is 5.78 Å². The van der Waals surface area contributed by atoms with Crippen molar-refractivity contribution in [3.8, 4) is 0 Å². The highest BCUT2D eigenvalue weighted by Gasteiger charge is 2.30. The molecule has 5 rings (SSSR count). The van der Waals surface area contributed by atoms with Crippen LogP contribution in [-0.4, -0.2) is 69.2 Å². The lowest BCUT2D eigenvalue weighted by molar-refractivity contribution is -0.122. The maximum atomic E-state index is 13.0. The van der Waals surface area contributed by atoms with Crippen LogP contribution in [-0.2, 0) is 11.2 Å². The summed E-state index contributed by atoms with van der Waals surface area (Å²) in [6, 6.07) is 2.32. The number of piperazine rings is 1. The van der Waals surface area contributed by atoms with E-state index in [9.17, 15) is 4.79 Å². The predicted molar refractivity (Wildman–Crippen MR) is 120 cm³/mol. The van der Waals surface area contributed by atoms with Gasteiger partial charge in [-0.25, -0.2) is 19.7 Å². The van der Waals surface area contributed by atoms with E-state index in [1.165, 1.54) is 5.69 Å². The van der Waals surface area contributed by atoms with Crippen molar-refractivity contribution >= 4 is 35.5 Å². The second kappa shape index (κ2) is 9.18. The molecule has 0 radical (unpaired) electrons. The molecule has 5 heterocycles. The van der Waals surface area contributed by atoms with Crippen LogP contribution in [0, 0.1) is 6.92 Å². The number of rotatable bonds is 2. The molecular formula is C21H26N8O3. The van der Waals surface area contributed by atoms with Crippen molar-refractivity contribution in [1.29, 1.82) is 0 Å². The van der Waals surface area contributed by atoms with E-state index >= 15 is 0 Å². The highest BCUT2D eigenvalue weighted by molar-refractivity contribution is 6.02. The Morgan fingerprint density at radius 3 is 2.91 bits per heavy atom. The number of urea groups is 1. The molecule has 0 unspecified atom stereocenters. The minimum Gasteiger partial charge on any atom is -0.483 e. The SMILES string of the molecule is Cc1cn2cc(NC(=O)N3CCc4c(N5CCN[C@H](C)C5)ccnc43)cnc2n1.O=CO. The van der Waals surface area contributed by atoms with Crippen LogP contribution < -0.4 is 20.4 Å². The maximum Gasteiger partial charge on any atom is 0.327 e. The average Bonchev–Trinajstić information content (AvgIpc) is 3.36. The summed E-state index contributed by atoms with van der Waals surface area (Å²) in [6.45, 7) is 7.36. The molecule has 1 atom stereocenters. The van der Waals surface area contributed by atoms with Crippen molar-refractivity contribution in [2.75, 3.05) is 41.3 Å². The van der Waals surface area contributed by atoms with Crippen LogP contribution in [0.4, 0.5) is 22.0 Å². The van der Waals surface area contributed by atoms with Crippen LogP contribution in [0.2, 0.25) is 0 Å². The zero-order valence-corrected chi connectivity index (χ0v) is 18.0. The Morgan fingerprint density at radius 2 is 2.12 bits per heavy atom. The molecule has 11 nitrogen and oxygen atoms in total. The molecule has 2 aliphatic heterocycles. The minimum atomic E-state index is -0.250. The summed E-state index contributed by atoms with van der Waals surface area (Å²) >= 11 is 0. The van der Waals surface area contributed by atoms with Gasteiger partial charge in [0, 0.05) is 62.1 Å². The third-order valence-corrected chi connectivity index (χ3v) is 5.49. The number of carbonyl (C=O) groups excluding carboxylic acids is 1. The van der Waals surface area contributed by atoms with Crippen LogP contribution in [0.15, 0.2) is 30.9 Å². The van der Waals surface area contributed by atoms with Gasteiger partial charge in [-0.2, -0.15) is 0 Å². The van der Waals surface area contributed by atoms with E-state index in [4.69, 9.17) is 9.90 Å². The number of nitrogens with zero attached hydrogens (tertiary/aromatic N) is 6. The highest BCUT2D eigenvalue weighted by Crippen LogP contribution is 2.34. The summed E-state index contributed by atoms with van der Waals surface area (Å²) in [6.07, 6.45) is 7.94. The zero-order chi connectivity index (χ0) is 22.7. The quantitative estimate of drug-likeness (QED) is 0.514. The molecule has 11 heteroatoms. The van der Waals surface area contributed by atoms with Gasteiger partial charge >= 0.3 is 6.03 Å². The van der Waals surface area contributed by atoms with Gasteiger partial charge in [0.2, 0.25) is 5.78 Å². The Kier molecular flexibility index (Phi) is 6.17. The van der Waals surface area contributed by atoms with Gasteiger partial charge in [0.25, 0.3) is 6.47 Å². The van der Waals surface area contributed by atoms with Crippen LogP contribution in [0.5, 0.6) is 0 Å². The Bertz CT molecular complexity index is 1130. The van der Waals surface area contributed by atoms with E-state index in [1.54, 1.807) is 17.3 Å². The maximum absolute atomic E-state index is 13.0. The molecule has 32 heavy (non-hydrogen) atoms. The van der Waals surface area contributed by atoms with Gasteiger partial charge in [-0.05, 0) is 26.3 Å². The number of aromatic nitrogens is 4. The molecule has 1 saturated heterocycles. The average molecular weight is 438 g/mol. The van der Waals surface area contributed by atoms with E-state index in [-0.39, 0.29) is 12.5 Å². The first-order valence-corrected chi connectivity index (χ1v) is 10.4. The van der Waals surface area contributed by atoms with Gasteiger partial charge in [-0.1, -0.05) is 0 Å². The third-order valence-electron chi connectivity index (χ3n) is 5.49. The van der Waals surface area contributed by atoms with E-state index in [0.717, 1.165) is 43.1 Å². The number of aryl methyl sites for hydroxylation is 1. The number of hydrogen-bond donors (Lipinski definition) is 3. The third kappa shape index (κ3) is 4.33. The summed E-state index contributed by atoms with van der Waals surface area (Å²) in [5, 5.41) is 13.3. The predicted octanol–water partition coefficient (Wildman–Crippen LogP) is 1.53. The van der Waals surface area contributed by atoms with Gasteiger partial charge in [-0.15, -0.1) is 0 Å². The normalized spacial score (nSPS) is 17.5. The van der Waals surface area contributed by atoms with Crippen LogP contribution in [0.1, 0.15) is 18.2 Å². The summed E-state index contributed by atoms with van der Waals surface area (Å²) in [5.41, 5.74) is 3.85. The van der Waals surface area contributed by atoms with Gasteiger partial charge in [-0.3, -0.25) is 14.1 Å². The number of amides is 2. The van der Waals surface area contributed by atoms with Crippen molar-refractivity contribution in [3.05, 3.63) is 42.1 Å². The molecule has 3 aromatic rings. The lowest BCUT2D eigenvalue weighted by Gasteiger charge is -2.34. The number of pyridine rings is 1. The van der Waals surface area contributed by atoms with E-state index in [0.29, 0.717) is 24.1 Å². The minimum absolute atomic E-state index is 0.194. The highest BCUT2D eigenvalue weighted by atomic mass is 16.3. The molecule has 0 aliphatic carbocycles. The molecule has 0 spiro atoms. The molecule has 0 saturated carbocycles. The lowest BCUT2D eigenvalue weighted by atomic mass is 10.1. The number of nitrogens with one attached hydrogen (secondary N) is 2. The summed E-state index contributed by atoms with van der Waals surface area (Å²) in [4.78, 5) is 38.6. The molecular weight excluding hydrogens is 412 g/mol. The first-order chi connectivity index (χ1) is 15.5. The fraction of sp³-hybridized carbons (Fsp3) is 0.381. The second-order valence-electron chi connectivity index (χ2n) is 7.80. The van der Waals surface area contributed by atoms with Gasteiger partial charge in [0.05, 0.1) is 17.6 Å². The van der Waals surface area contributed by atoms with Gasteiger partial charge < -0.3 is 20.6 Å². The van der Waals surface area contributed by atoms with Gasteiger partial charge in [0.1, 0.15) is 5.82 Å². The number of anilines is 3. The number of fused-ring (bicyclic) bond motifs is 2. The van der Waals surface area contributed by atoms with Crippen molar-refractivity contribution in [2.45, 2.75) is 26.3 Å². The molecule has 168 valence electrons. The fourth-order valence-corrected chi connectivity index (χ4v) is 4.18. The van der Waals surface area contributed by atoms with E-state index in [1.807, 2.05) is 23.7 Å². The number of carboxylic acid groups (broad SMARTS) is 1. The van der Waals surface area contributed by atoms with Crippen molar-refractivity contribution in [3.63, 3.8) is 0 Å². The zero-order valence-electron chi connectivity index (χ0n) is 18.0. The summed E-state index contributed by atoms with van der Waals surface area (Å²) in [7, 11) is 0. The first kappa shape index (κ1) is 21.5. The Balaban J connectivity index is 0.000000775. The van der Waals surface area contributed by atoms with Gasteiger partial charge in [0.15, 0.2) is 0 Å². The summed E-state index contributed by atoms with van der Waals surface area (Å²) < 4.78 is 1.81. The number of imidazole rings is 1. The van der Waals surface area contributed by atoms with Crippen molar-refractivity contribution < 1.29 is 14.7 Å². The standard InChI is InChI=1S/C20H24N8O.CH2O2/c1-13-10-26(8-6-21-13)17-3-5-22-18-16(17)4-7-28(18)20(29)25-15-9-23-19-24-14(2)11-27(19)12-15;2-1-3/h3,5,9,11-13,21H,4,6-8,10H2,1-2H3,(H,25,29);1H,(H,2,3)/t13-;/m1./s1. The fourth-order valence-electron chi connectivity index (χ4n) is 4.18. The monoisotopic (exact) mass is 438 g/mol. The molecule has 1 fully saturated rings. The molecule has 0 aromatic carbocycles. The topological polar surface area (TPSA) is 128 Å². The number of carbonyl (C=O) groups is 2.